The Morgan fingerprint density at radius 1 is 0.944 bits per heavy atom. The zero-order valence-corrected chi connectivity index (χ0v) is 19.5. The number of furan rings is 1. The second-order valence-corrected chi connectivity index (χ2v) is 8.99. The number of halogens is 1. The van der Waals surface area contributed by atoms with E-state index in [1.165, 1.54) is 12.1 Å². The second-order valence-electron chi connectivity index (χ2n) is 8.99. The molecule has 0 unspecified atom stereocenters. The third-order valence-corrected chi connectivity index (χ3v) is 6.47. The van der Waals surface area contributed by atoms with Crippen LogP contribution in [0.2, 0.25) is 0 Å². The summed E-state index contributed by atoms with van der Waals surface area (Å²) in [7, 11) is 0. The van der Waals surface area contributed by atoms with Gasteiger partial charge in [0.05, 0.1) is 0 Å². The van der Waals surface area contributed by atoms with Crippen LogP contribution in [0.5, 0.6) is 0 Å². The lowest BCUT2D eigenvalue weighted by molar-refractivity contribution is -0.122. The first-order chi connectivity index (χ1) is 17.4. The number of aromatic nitrogens is 2. The number of benzene rings is 2. The van der Waals surface area contributed by atoms with Gasteiger partial charge in [-0.15, -0.1) is 0 Å². The van der Waals surface area contributed by atoms with Crippen LogP contribution in [-0.4, -0.2) is 27.0 Å². The van der Waals surface area contributed by atoms with Crippen molar-refractivity contribution in [3.05, 3.63) is 80.7 Å². The van der Waals surface area contributed by atoms with Crippen molar-refractivity contribution >= 4 is 33.9 Å². The fourth-order valence-electron chi connectivity index (χ4n) is 4.67. The quantitative estimate of drug-likeness (QED) is 0.411. The van der Waals surface area contributed by atoms with Gasteiger partial charge in [-0.25, -0.2) is 13.8 Å². The molecule has 1 saturated carbocycles. The zero-order valence-electron chi connectivity index (χ0n) is 19.5. The highest BCUT2D eigenvalue weighted by atomic mass is 19.1. The first-order valence-electron chi connectivity index (χ1n) is 11.9. The summed E-state index contributed by atoms with van der Waals surface area (Å²) in [4.78, 5) is 52.1. The van der Waals surface area contributed by atoms with E-state index in [-0.39, 0.29) is 29.5 Å². The predicted molar refractivity (Wildman–Crippen MR) is 131 cm³/mol. The van der Waals surface area contributed by atoms with E-state index in [1.54, 1.807) is 36.4 Å². The second kappa shape index (κ2) is 9.80. The number of nitrogens with one attached hydrogen (secondary N) is 2. The smallest absolute Gasteiger partial charge is 0.332 e. The van der Waals surface area contributed by atoms with Gasteiger partial charge in [-0.1, -0.05) is 37.1 Å². The van der Waals surface area contributed by atoms with Gasteiger partial charge in [0.2, 0.25) is 17.4 Å². The van der Waals surface area contributed by atoms with E-state index in [1.807, 2.05) is 0 Å². The van der Waals surface area contributed by atoms with Crippen molar-refractivity contribution in [2.24, 2.45) is 0 Å². The topological polar surface area (TPSA) is 115 Å². The van der Waals surface area contributed by atoms with Crippen molar-refractivity contribution in [1.82, 2.24) is 19.8 Å². The fraction of sp³-hybridized carbons (Fsp3) is 0.308. The molecule has 10 heteroatoms. The Balaban J connectivity index is 1.49. The molecule has 2 heterocycles. The van der Waals surface area contributed by atoms with Crippen LogP contribution in [0.15, 0.2) is 62.5 Å². The largest absolute Gasteiger partial charge is 0.449 e. The molecule has 0 spiro atoms. The molecule has 2 aromatic carbocycles. The Hall–Kier alpha value is -4.21. The SMILES string of the molecule is O=C(Cn1c(=O)n(CC(=O)NC2CCCC2)c(=O)c2oc3ccccc3c21)NCc1ccc(F)cc1. The van der Waals surface area contributed by atoms with E-state index in [4.69, 9.17) is 4.42 Å². The van der Waals surface area contributed by atoms with Gasteiger partial charge in [-0.05, 0) is 42.7 Å². The van der Waals surface area contributed by atoms with E-state index in [0.717, 1.165) is 34.8 Å². The Morgan fingerprint density at radius 2 is 1.64 bits per heavy atom. The molecule has 9 nitrogen and oxygen atoms in total. The zero-order chi connectivity index (χ0) is 25.2. The summed E-state index contributed by atoms with van der Waals surface area (Å²) in [6.45, 7) is -0.741. The maximum atomic E-state index is 13.4. The summed E-state index contributed by atoms with van der Waals surface area (Å²) in [5, 5.41) is 6.09. The third kappa shape index (κ3) is 4.66. The number of hydrogen-bond donors (Lipinski definition) is 2. The number of carbonyl (C=O) groups excluding carboxylic acids is 2. The van der Waals surface area contributed by atoms with Crippen LogP contribution in [-0.2, 0) is 29.2 Å². The van der Waals surface area contributed by atoms with Gasteiger partial charge in [0.25, 0.3) is 5.56 Å². The lowest BCUT2D eigenvalue weighted by atomic mass is 10.2. The van der Waals surface area contributed by atoms with Gasteiger partial charge in [-0.2, -0.15) is 0 Å². The summed E-state index contributed by atoms with van der Waals surface area (Å²) in [5.41, 5.74) is -0.337. The molecular formula is C26H25FN4O5. The van der Waals surface area contributed by atoms with E-state index in [0.29, 0.717) is 16.5 Å². The highest BCUT2D eigenvalue weighted by Crippen LogP contribution is 2.25. The van der Waals surface area contributed by atoms with Crippen LogP contribution in [0, 0.1) is 5.82 Å². The minimum Gasteiger partial charge on any atom is -0.449 e. The summed E-state index contributed by atoms with van der Waals surface area (Å²) < 4.78 is 20.9. The number of para-hydroxylation sites is 1. The lowest BCUT2D eigenvalue weighted by Gasteiger charge is -2.14. The average Bonchev–Trinajstić information content (AvgIpc) is 3.52. The van der Waals surface area contributed by atoms with Crippen LogP contribution < -0.4 is 21.9 Å². The average molecular weight is 493 g/mol. The molecule has 0 aliphatic heterocycles. The lowest BCUT2D eigenvalue weighted by Crippen LogP contribution is -2.46. The third-order valence-electron chi connectivity index (χ3n) is 6.47. The summed E-state index contributed by atoms with van der Waals surface area (Å²) >= 11 is 0. The normalized spacial score (nSPS) is 13.9. The van der Waals surface area contributed by atoms with Crippen LogP contribution in [0.1, 0.15) is 31.2 Å². The number of amides is 2. The van der Waals surface area contributed by atoms with Crippen LogP contribution >= 0.6 is 0 Å². The molecule has 1 aliphatic rings. The fourth-order valence-corrected chi connectivity index (χ4v) is 4.67. The van der Waals surface area contributed by atoms with Gasteiger partial charge >= 0.3 is 5.69 Å². The summed E-state index contributed by atoms with van der Waals surface area (Å²) in [6.07, 6.45) is 3.77. The highest BCUT2D eigenvalue weighted by Gasteiger charge is 2.23. The Kier molecular flexibility index (Phi) is 6.41. The van der Waals surface area contributed by atoms with E-state index in [9.17, 15) is 23.6 Å². The minimum absolute atomic E-state index is 0.0302. The molecule has 0 radical (unpaired) electrons. The standard InChI is InChI=1S/C26H25FN4O5/c27-17-11-9-16(10-12-17)13-28-21(32)14-30-23-19-7-3-4-8-20(19)36-24(23)25(34)31(26(30)35)15-22(33)29-18-5-1-2-6-18/h3-4,7-12,18H,1-2,5-6,13-15H2,(H,28,32)(H,29,33). The van der Waals surface area contributed by atoms with Gasteiger partial charge in [0.15, 0.2) is 0 Å². The number of rotatable bonds is 7. The Bertz CT molecular complexity index is 1560. The molecule has 2 aromatic heterocycles. The number of nitrogens with zero attached hydrogens (tertiary/aromatic N) is 2. The minimum atomic E-state index is -0.780. The first kappa shape index (κ1) is 23.5. The molecule has 5 rings (SSSR count). The number of carbonyl (C=O) groups is 2. The molecule has 4 aromatic rings. The van der Waals surface area contributed by atoms with Crippen LogP contribution in [0.4, 0.5) is 4.39 Å². The van der Waals surface area contributed by atoms with E-state index >= 15 is 0 Å². The Morgan fingerprint density at radius 3 is 2.39 bits per heavy atom. The van der Waals surface area contributed by atoms with E-state index in [2.05, 4.69) is 10.6 Å². The number of hydrogen-bond acceptors (Lipinski definition) is 5. The van der Waals surface area contributed by atoms with Crippen molar-refractivity contribution < 1.29 is 18.4 Å². The molecule has 36 heavy (non-hydrogen) atoms. The van der Waals surface area contributed by atoms with Gasteiger partial charge in [-0.3, -0.25) is 19.0 Å². The van der Waals surface area contributed by atoms with Crippen LogP contribution in [0.3, 0.4) is 0 Å². The molecule has 2 amide bonds. The molecule has 1 aliphatic carbocycles. The molecule has 2 N–H and O–H groups in total. The van der Waals surface area contributed by atoms with Crippen molar-refractivity contribution in [3.63, 3.8) is 0 Å². The van der Waals surface area contributed by atoms with Crippen LogP contribution in [0.25, 0.3) is 22.1 Å². The van der Waals surface area contributed by atoms with Crippen molar-refractivity contribution in [1.29, 1.82) is 0 Å². The molecular weight excluding hydrogens is 467 g/mol. The monoisotopic (exact) mass is 492 g/mol. The highest BCUT2D eigenvalue weighted by molar-refractivity contribution is 6.02. The molecule has 0 atom stereocenters. The van der Waals surface area contributed by atoms with Crippen molar-refractivity contribution in [2.45, 2.75) is 51.4 Å². The van der Waals surface area contributed by atoms with E-state index < -0.39 is 36.2 Å². The predicted octanol–water partition coefficient (Wildman–Crippen LogP) is 2.42. The van der Waals surface area contributed by atoms with Gasteiger partial charge < -0.3 is 15.1 Å². The maximum absolute atomic E-state index is 13.4. The maximum Gasteiger partial charge on any atom is 0.332 e. The van der Waals surface area contributed by atoms with Crippen molar-refractivity contribution in [3.8, 4) is 0 Å². The Labute approximate surface area is 204 Å². The molecule has 0 saturated heterocycles. The van der Waals surface area contributed by atoms with Gasteiger partial charge in [0.1, 0.15) is 30.0 Å². The van der Waals surface area contributed by atoms with Gasteiger partial charge in [0, 0.05) is 18.0 Å². The molecule has 186 valence electrons. The first-order valence-corrected chi connectivity index (χ1v) is 11.9. The molecule has 0 bridgehead atoms. The summed E-state index contributed by atoms with van der Waals surface area (Å²) in [6, 6.07) is 12.5. The molecule has 1 fully saturated rings. The summed E-state index contributed by atoms with van der Waals surface area (Å²) in [5.74, 6) is -1.32. The number of fused-ring (bicyclic) bond motifs is 3. The van der Waals surface area contributed by atoms with Crippen molar-refractivity contribution in [2.75, 3.05) is 0 Å².